The Bertz CT molecular complexity index is 320. The zero-order valence-corrected chi connectivity index (χ0v) is 9.94. The molecule has 0 aromatic carbocycles. The van der Waals surface area contributed by atoms with E-state index in [-0.39, 0.29) is 12.1 Å². The van der Waals surface area contributed by atoms with Crippen LogP contribution < -0.4 is 5.32 Å². The summed E-state index contributed by atoms with van der Waals surface area (Å²) >= 11 is 1.71. The first-order valence-corrected chi connectivity index (χ1v) is 6.39. The minimum Gasteiger partial charge on any atom is -0.396 e. The van der Waals surface area contributed by atoms with Gasteiger partial charge in [-0.3, -0.25) is 0 Å². The van der Waals surface area contributed by atoms with Gasteiger partial charge in [0.1, 0.15) is 0 Å². The first kappa shape index (κ1) is 11.0. The van der Waals surface area contributed by atoms with Gasteiger partial charge < -0.3 is 10.4 Å². The van der Waals surface area contributed by atoms with Crippen molar-refractivity contribution in [3.8, 4) is 0 Å². The molecule has 1 heterocycles. The molecule has 0 atom stereocenters. The summed E-state index contributed by atoms with van der Waals surface area (Å²) in [5.41, 5.74) is 3.24. The smallest absolute Gasteiger partial charge is 0.0798 e. The number of nitrogens with zero attached hydrogens (tertiary/aromatic N) is 1. The lowest BCUT2D eigenvalue weighted by atomic mass is 9.74. The molecule has 1 fully saturated rings. The Labute approximate surface area is 94.5 Å². The van der Waals surface area contributed by atoms with Crippen LogP contribution in [0.5, 0.6) is 0 Å². The van der Waals surface area contributed by atoms with E-state index in [1.54, 1.807) is 11.3 Å². The number of aromatic nitrogens is 1. The van der Waals surface area contributed by atoms with Gasteiger partial charge in [-0.05, 0) is 32.6 Å². The molecule has 1 saturated carbocycles. The van der Waals surface area contributed by atoms with Gasteiger partial charge in [0.15, 0.2) is 0 Å². The lowest BCUT2D eigenvalue weighted by Gasteiger charge is -2.42. The summed E-state index contributed by atoms with van der Waals surface area (Å²) in [6, 6.07) is 0. The monoisotopic (exact) mass is 226 g/mol. The third-order valence-corrected chi connectivity index (χ3v) is 4.30. The third-order valence-electron chi connectivity index (χ3n) is 3.37. The van der Waals surface area contributed by atoms with Gasteiger partial charge in [-0.25, -0.2) is 4.98 Å². The van der Waals surface area contributed by atoms with Crippen LogP contribution in [-0.4, -0.2) is 22.2 Å². The predicted molar refractivity (Wildman–Crippen MR) is 62.0 cm³/mol. The van der Waals surface area contributed by atoms with Crippen molar-refractivity contribution in [1.29, 1.82) is 0 Å². The molecule has 15 heavy (non-hydrogen) atoms. The second-order valence-corrected chi connectivity index (χ2v) is 5.26. The number of hydrogen-bond acceptors (Lipinski definition) is 4. The SMILES string of the molecule is Cc1ncsc1CNC1(CCO)CCC1. The van der Waals surface area contributed by atoms with Crippen LogP contribution in [-0.2, 0) is 6.54 Å². The fourth-order valence-corrected chi connectivity index (χ4v) is 2.81. The first-order chi connectivity index (χ1) is 7.26. The molecule has 2 N–H and O–H groups in total. The molecule has 84 valence electrons. The number of aryl methyl sites for hydroxylation is 1. The molecule has 3 nitrogen and oxygen atoms in total. The highest BCUT2D eigenvalue weighted by Crippen LogP contribution is 2.35. The molecule has 0 amide bonds. The fourth-order valence-electron chi connectivity index (χ4n) is 2.10. The Morgan fingerprint density at radius 2 is 2.40 bits per heavy atom. The predicted octanol–water partition coefficient (Wildman–Crippen LogP) is 1.85. The second kappa shape index (κ2) is 4.60. The molecule has 1 aromatic rings. The Kier molecular flexibility index (Phi) is 3.38. The summed E-state index contributed by atoms with van der Waals surface area (Å²) in [7, 11) is 0. The summed E-state index contributed by atoms with van der Waals surface area (Å²) in [5, 5.41) is 12.6. The van der Waals surface area contributed by atoms with Gasteiger partial charge in [0, 0.05) is 23.6 Å². The Morgan fingerprint density at radius 3 is 2.87 bits per heavy atom. The Balaban J connectivity index is 1.89. The molecule has 0 unspecified atom stereocenters. The second-order valence-electron chi connectivity index (χ2n) is 4.32. The van der Waals surface area contributed by atoms with Gasteiger partial charge in [-0.2, -0.15) is 0 Å². The lowest BCUT2D eigenvalue weighted by Crippen LogP contribution is -2.51. The average molecular weight is 226 g/mol. The molecule has 0 spiro atoms. The molecule has 1 aliphatic carbocycles. The van der Waals surface area contributed by atoms with Gasteiger partial charge in [-0.15, -0.1) is 11.3 Å². The van der Waals surface area contributed by atoms with Crippen molar-refractivity contribution in [1.82, 2.24) is 10.3 Å². The maximum absolute atomic E-state index is 9.03. The molecular weight excluding hydrogens is 208 g/mol. The van der Waals surface area contributed by atoms with Crippen LogP contribution >= 0.6 is 11.3 Å². The van der Waals surface area contributed by atoms with Crippen molar-refractivity contribution in [3.63, 3.8) is 0 Å². The van der Waals surface area contributed by atoms with E-state index in [9.17, 15) is 0 Å². The number of aliphatic hydroxyl groups excluding tert-OH is 1. The van der Waals surface area contributed by atoms with E-state index in [0.717, 1.165) is 18.7 Å². The van der Waals surface area contributed by atoms with Crippen molar-refractivity contribution in [2.45, 2.75) is 44.7 Å². The number of hydrogen-bond donors (Lipinski definition) is 2. The summed E-state index contributed by atoms with van der Waals surface area (Å²) in [6.07, 6.45) is 4.57. The molecule has 0 aliphatic heterocycles. The van der Waals surface area contributed by atoms with Gasteiger partial charge in [0.05, 0.1) is 11.2 Å². The molecule has 0 bridgehead atoms. The van der Waals surface area contributed by atoms with Crippen molar-refractivity contribution in [2.24, 2.45) is 0 Å². The van der Waals surface area contributed by atoms with Gasteiger partial charge in [0.2, 0.25) is 0 Å². The maximum atomic E-state index is 9.03. The van der Waals surface area contributed by atoms with Crippen molar-refractivity contribution < 1.29 is 5.11 Å². The zero-order valence-electron chi connectivity index (χ0n) is 9.12. The maximum Gasteiger partial charge on any atom is 0.0798 e. The molecule has 0 radical (unpaired) electrons. The number of nitrogens with one attached hydrogen (secondary N) is 1. The highest BCUT2D eigenvalue weighted by Gasteiger charge is 2.35. The fraction of sp³-hybridized carbons (Fsp3) is 0.727. The highest BCUT2D eigenvalue weighted by atomic mass is 32.1. The minimum atomic E-state index is 0.213. The summed E-state index contributed by atoms with van der Waals surface area (Å²) in [4.78, 5) is 5.55. The lowest BCUT2D eigenvalue weighted by molar-refractivity contribution is 0.130. The Hall–Kier alpha value is -0.450. The molecule has 0 saturated heterocycles. The summed E-state index contributed by atoms with van der Waals surface area (Å²) in [6.45, 7) is 3.23. The van der Waals surface area contributed by atoms with Crippen molar-refractivity contribution in [3.05, 3.63) is 16.1 Å². The van der Waals surface area contributed by atoms with Crippen LogP contribution in [0.2, 0.25) is 0 Å². The van der Waals surface area contributed by atoms with Crippen molar-refractivity contribution >= 4 is 11.3 Å². The number of thiazole rings is 1. The molecule has 1 aliphatic rings. The van der Waals surface area contributed by atoms with Gasteiger partial charge in [-0.1, -0.05) is 0 Å². The van der Waals surface area contributed by atoms with E-state index in [0.29, 0.717) is 0 Å². The summed E-state index contributed by atoms with van der Waals surface area (Å²) < 4.78 is 0. The average Bonchev–Trinajstić information content (AvgIpc) is 2.56. The van der Waals surface area contributed by atoms with E-state index >= 15 is 0 Å². The topological polar surface area (TPSA) is 45.2 Å². The number of rotatable bonds is 5. The number of aliphatic hydroxyl groups is 1. The van der Waals surface area contributed by atoms with Crippen LogP contribution in [0, 0.1) is 6.92 Å². The quantitative estimate of drug-likeness (QED) is 0.805. The van der Waals surface area contributed by atoms with E-state index in [1.165, 1.54) is 24.1 Å². The molecule has 2 rings (SSSR count). The standard InChI is InChI=1S/C11H18N2OS/c1-9-10(15-8-12-9)7-13-11(5-6-14)3-2-4-11/h8,13-14H,2-7H2,1H3. The molecule has 4 heteroatoms. The van der Waals surface area contributed by atoms with Gasteiger partial charge in [0.25, 0.3) is 0 Å². The summed E-state index contributed by atoms with van der Waals surface area (Å²) in [5.74, 6) is 0. The van der Waals surface area contributed by atoms with Crippen molar-refractivity contribution in [2.75, 3.05) is 6.61 Å². The van der Waals surface area contributed by atoms with Crippen LogP contribution in [0.15, 0.2) is 5.51 Å². The van der Waals surface area contributed by atoms with E-state index in [1.807, 2.05) is 12.4 Å². The van der Waals surface area contributed by atoms with Crippen LogP contribution in [0.1, 0.15) is 36.3 Å². The van der Waals surface area contributed by atoms with Crippen LogP contribution in [0.4, 0.5) is 0 Å². The molecular formula is C11H18N2OS. The van der Waals surface area contributed by atoms with Gasteiger partial charge >= 0.3 is 0 Å². The van der Waals surface area contributed by atoms with Crippen LogP contribution in [0.3, 0.4) is 0 Å². The minimum absolute atomic E-state index is 0.213. The van der Waals surface area contributed by atoms with Crippen LogP contribution in [0.25, 0.3) is 0 Å². The molecule has 1 aromatic heterocycles. The van der Waals surface area contributed by atoms with E-state index in [4.69, 9.17) is 5.11 Å². The largest absolute Gasteiger partial charge is 0.396 e. The van der Waals surface area contributed by atoms with E-state index < -0.39 is 0 Å². The third kappa shape index (κ3) is 2.38. The highest BCUT2D eigenvalue weighted by molar-refractivity contribution is 7.09. The zero-order chi connectivity index (χ0) is 10.7. The normalized spacial score (nSPS) is 18.8. The Morgan fingerprint density at radius 1 is 1.60 bits per heavy atom. The van der Waals surface area contributed by atoms with E-state index in [2.05, 4.69) is 10.3 Å². The first-order valence-electron chi connectivity index (χ1n) is 5.51.